The minimum atomic E-state index is -4.82. The molecule has 2 atom stereocenters. The topological polar surface area (TPSA) is 83.4 Å². The lowest BCUT2D eigenvalue weighted by atomic mass is 10.1. The van der Waals surface area contributed by atoms with Gasteiger partial charge in [-0.05, 0) is 44.2 Å². The van der Waals surface area contributed by atoms with Gasteiger partial charge in [0.25, 0.3) is 0 Å². The van der Waals surface area contributed by atoms with Crippen LogP contribution in [0.4, 0.5) is 17.6 Å². The molecule has 1 aromatic heterocycles. The Labute approximate surface area is 154 Å². The summed E-state index contributed by atoms with van der Waals surface area (Å²) in [5.41, 5.74) is 11.8. The third-order valence-electron chi connectivity index (χ3n) is 3.85. The van der Waals surface area contributed by atoms with Crippen LogP contribution in [0.15, 0.2) is 30.3 Å². The first-order chi connectivity index (χ1) is 12.6. The number of aryl methyl sites for hydroxylation is 2. The summed E-state index contributed by atoms with van der Waals surface area (Å²) < 4.78 is 62.6. The molecule has 9 heteroatoms. The summed E-state index contributed by atoms with van der Waals surface area (Å²) in [6.45, 7) is 3.52. The molecule has 0 bridgehead atoms. The van der Waals surface area contributed by atoms with Gasteiger partial charge >= 0.3 is 6.18 Å². The Hall–Kier alpha value is -2.39. The van der Waals surface area contributed by atoms with E-state index in [4.69, 9.17) is 20.9 Å². The summed E-state index contributed by atoms with van der Waals surface area (Å²) in [7, 11) is 0. The highest BCUT2D eigenvalue weighted by Crippen LogP contribution is 2.33. The Kier molecular flexibility index (Phi) is 6.61. The molecule has 1 aromatic carbocycles. The van der Waals surface area contributed by atoms with Crippen molar-refractivity contribution in [3.63, 3.8) is 0 Å². The number of ether oxygens (including phenoxy) is 2. The summed E-state index contributed by atoms with van der Waals surface area (Å²) in [6.07, 6.45) is -5.46. The first kappa shape index (κ1) is 20.9. The lowest BCUT2D eigenvalue weighted by Gasteiger charge is -2.24. The molecule has 0 fully saturated rings. The predicted molar refractivity (Wildman–Crippen MR) is 92.1 cm³/mol. The number of nitrogens with zero attached hydrogens (tertiary/aromatic N) is 1. The van der Waals surface area contributed by atoms with E-state index in [9.17, 15) is 17.6 Å². The molecule has 2 aromatic rings. The van der Waals surface area contributed by atoms with Crippen molar-refractivity contribution in [1.82, 2.24) is 4.98 Å². The second kappa shape index (κ2) is 8.53. The fourth-order valence-corrected chi connectivity index (χ4v) is 2.38. The number of hydrogen-bond donors (Lipinski definition) is 2. The highest BCUT2D eigenvalue weighted by molar-refractivity contribution is 5.32. The maximum atomic E-state index is 13.3. The maximum absolute atomic E-state index is 13.3. The van der Waals surface area contributed by atoms with Gasteiger partial charge in [0.15, 0.2) is 0 Å². The maximum Gasteiger partial charge on any atom is 0.419 e. The Balaban J connectivity index is 2.04. The highest BCUT2D eigenvalue weighted by Gasteiger charge is 2.34. The first-order valence-corrected chi connectivity index (χ1v) is 8.18. The monoisotopic (exact) mass is 387 g/mol. The van der Waals surface area contributed by atoms with Crippen LogP contribution in [0.3, 0.4) is 0 Å². The molecule has 5 nitrogen and oxygen atoms in total. The second-order valence-corrected chi connectivity index (χ2v) is 6.04. The average Bonchev–Trinajstić information content (AvgIpc) is 2.59. The van der Waals surface area contributed by atoms with Crippen molar-refractivity contribution >= 4 is 0 Å². The van der Waals surface area contributed by atoms with Gasteiger partial charge in [-0.15, -0.1) is 0 Å². The summed E-state index contributed by atoms with van der Waals surface area (Å²) >= 11 is 0. The zero-order valence-electron chi connectivity index (χ0n) is 14.9. The number of hydrogen-bond acceptors (Lipinski definition) is 5. The molecule has 0 radical (unpaired) electrons. The van der Waals surface area contributed by atoms with E-state index in [0.717, 1.165) is 11.8 Å². The van der Waals surface area contributed by atoms with Crippen LogP contribution in [0.1, 0.15) is 17.0 Å². The second-order valence-electron chi connectivity index (χ2n) is 6.04. The van der Waals surface area contributed by atoms with E-state index >= 15 is 0 Å². The van der Waals surface area contributed by atoms with Gasteiger partial charge in [-0.25, -0.2) is 4.39 Å². The number of rotatable bonds is 7. The minimum absolute atomic E-state index is 0.0645. The lowest BCUT2D eigenvalue weighted by Crippen LogP contribution is -2.47. The van der Waals surface area contributed by atoms with Crippen molar-refractivity contribution in [2.45, 2.75) is 32.2 Å². The molecular formula is C18H21F4N3O2. The molecule has 0 saturated heterocycles. The fraction of sp³-hybridized carbons (Fsp3) is 0.389. The number of pyridine rings is 1. The molecule has 27 heavy (non-hydrogen) atoms. The van der Waals surface area contributed by atoms with E-state index in [-0.39, 0.29) is 18.9 Å². The van der Waals surface area contributed by atoms with E-state index in [0.29, 0.717) is 23.6 Å². The number of alkyl halides is 3. The smallest absolute Gasteiger partial charge is 0.419 e. The van der Waals surface area contributed by atoms with E-state index in [1.807, 2.05) is 6.92 Å². The van der Waals surface area contributed by atoms with Gasteiger partial charge in [-0.3, -0.25) is 4.98 Å². The van der Waals surface area contributed by atoms with E-state index < -0.39 is 29.7 Å². The first-order valence-electron chi connectivity index (χ1n) is 8.18. The SMILES string of the molecule is Cc1ccc(OC(CN)C(N)COc2ccc(F)c(C(F)(F)F)c2)c(C)n1. The number of aromatic nitrogens is 1. The molecule has 4 N–H and O–H groups in total. The molecule has 0 saturated carbocycles. The van der Waals surface area contributed by atoms with Crippen LogP contribution in [0.2, 0.25) is 0 Å². The molecular weight excluding hydrogens is 366 g/mol. The Morgan fingerprint density at radius 3 is 2.44 bits per heavy atom. The van der Waals surface area contributed by atoms with Gasteiger partial charge in [-0.1, -0.05) is 0 Å². The predicted octanol–water partition coefficient (Wildman–Crippen LogP) is 2.97. The number of halogens is 4. The zero-order valence-corrected chi connectivity index (χ0v) is 14.9. The van der Waals surface area contributed by atoms with E-state index in [2.05, 4.69) is 4.98 Å². The molecule has 0 aliphatic heterocycles. The van der Waals surface area contributed by atoms with Gasteiger partial charge in [0.2, 0.25) is 0 Å². The van der Waals surface area contributed by atoms with E-state index in [1.165, 1.54) is 0 Å². The molecule has 0 aliphatic carbocycles. The van der Waals surface area contributed by atoms with Crippen LogP contribution in [-0.4, -0.2) is 30.3 Å². The molecule has 1 heterocycles. The summed E-state index contributed by atoms with van der Waals surface area (Å²) in [5, 5.41) is 0. The quantitative estimate of drug-likeness (QED) is 0.714. The zero-order chi connectivity index (χ0) is 20.2. The number of benzene rings is 1. The van der Waals surface area contributed by atoms with Crippen molar-refractivity contribution in [1.29, 1.82) is 0 Å². The molecule has 0 aliphatic rings. The molecule has 0 spiro atoms. The fourth-order valence-electron chi connectivity index (χ4n) is 2.38. The van der Waals surface area contributed by atoms with Gasteiger partial charge in [0, 0.05) is 12.2 Å². The molecule has 2 unspecified atom stereocenters. The minimum Gasteiger partial charge on any atom is -0.492 e. The normalized spacial score (nSPS) is 13.9. The third kappa shape index (κ3) is 5.54. The van der Waals surface area contributed by atoms with Gasteiger partial charge in [0.1, 0.15) is 30.0 Å². The standard InChI is InChI=1S/C18H21F4N3O2/c1-10-3-6-16(11(2)25-10)27-17(8-23)15(24)9-26-12-4-5-14(19)13(7-12)18(20,21)22/h3-7,15,17H,8-9,23-24H2,1-2H3. The average molecular weight is 387 g/mol. The van der Waals surface area contributed by atoms with Crippen molar-refractivity contribution in [3.05, 3.63) is 53.1 Å². The van der Waals surface area contributed by atoms with Crippen molar-refractivity contribution in [3.8, 4) is 11.5 Å². The lowest BCUT2D eigenvalue weighted by molar-refractivity contribution is -0.140. The molecule has 148 valence electrons. The third-order valence-corrected chi connectivity index (χ3v) is 3.85. The van der Waals surface area contributed by atoms with Crippen molar-refractivity contribution in [2.24, 2.45) is 11.5 Å². The van der Waals surface area contributed by atoms with Crippen LogP contribution in [0.25, 0.3) is 0 Å². The molecule has 0 amide bonds. The van der Waals surface area contributed by atoms with E-state index in [1.54, 1.807) is 19.1 Å². The Bertz CT molecular complexity index is 784. The molecule has 2 rings (SSSR count). The van der Waals surface area contributed by atoms with Gasteiger partial charge < -0.3 is 20.9 Å². The van der Waals surface area contributed by atoms with Gasteiger partial charge in [-0.2, -0.15) is 13.2 Å². The summed E-state index contributed by atoms with van der Waals surface area (Å²) in [5.74, 6) is -1.01. The van der Waals surface area contributed by atoms with Crippen molar-refractivity contribution < 1.29 is 27.0 Å². The number of nitrogens with two attached hydrogens (primary N) is 2. The summed E-state index contributed by atoms with van der Waals surface area (Å²) in [6, 6.07) is 5.17. The van der Waals surface area contributed by atoms with Crippen LogP contribution < -0.4 is 20.9 Å². The van der Waals surface area contributed by atoms with Crippen LogP contribution in [0.5, 0.6) is 11.5 Å². The van der Waals surface area contributed by atoms with Crippen LogP contribution >= 0.6 is 0 Å². The van der Waals surface area contributed by atoms with Crippen LogP contribution in [-0.2, 0) is 6.18 Å². The highest BCUT2D eigenvalue weighted by atomic mass is 19.4. The largest absolute Gasteiger partial charge is 0.492 e. The Morgan fingerprint density at radius 2 is 1.85 bits per heavy atom. The van der Waals surface area contributed by atoms with Gasteiger partial charge in [0.05, 0.1) is 17.3 Å². The van der Waals surface area contributed by atoms with Crippen LogP contribution in [0, 0.1) is 19.7 Å². The van der Waals surface area contributed by atoms with Crippen molar-refractivity contribution in [2.75, 3.05) is 13.2 Å². The summed E-state index contributed by atoms with van der Waals surface area (Å²) in [4.78, 5) is 4.27. The Morgan fingerprint density at radius 1 is 1.15 bits per heavy atom.